The van der Waals surface area contributed by atoms with Crippen molar-refractivity contribution in [3.05, 3.63) is 58.6 Å². The number of methoxy groups -OCH3 is 1. The Bertz CT molecular complexity index is 794. The molecular formula is C20H23ClN2O3. The summed E-state index contributed by atoms with van der Waals surface area (Å²) in [6.07, 6.45) is 0.00665. The van der Waals surface area contributed by atoms with E-state index in [1.807, 2.05) is 50.5 Å². The van der Waals surface area contributed by atoms with Crippen LogP contribution in [-0.2, 0) is 11.2 Å². The fraction of sp³-hybridized carbons (Fsp3) is 0.350. The van der Waals surface area contributed by atoms with Gasteiger partial charge in [-0.3, -0.25) is 4.79 Å². The zero-order chi connectivity index (χ0) is 18.7. The van der Waals surface area contributed by atoms with Gasteiger partial charge in [0.15, 0.2) is 6.10 Å². The van der Waals surface area contributed by atoms with E-state index in [0.29, 0.717) is 18.0 Å². The Morgan fingerprint density at radius 3 is 2.85 bits per heavy atom. The number of likely N-dealkylation sites (N-methyl/N-ethyl adjacent to an activating group) is 1. The second-order valence-electron chi connectivity index (χ2n) is 6.53. The number of amides is 1. The number of carbonyl (C=O) groups excluding carboxylic acids is 1. The zero-order valence-electron chi connectivity index (χ0n) is 15.2. The highest BCUT2D eigenvalue weighted by Crippen LogP contribution is 2.31. The molecule has 1 heterocycles. The molecule has 0 radical (unpaired) electrons. The number of halogens is 1. The van der Waals surface area contributed by atoms with E-state index in [2.05, 4.69) is 10.2 Å². The van der Waals surface area contributed by atoms with Crippen LogP contribution in [0, 0.1) is 0 Å². The normalized spacial score (nSPS) is 16.7. The van der Waals surface area contributed by atoms with Crippen LogP contribution in [0.1, 0.15) is 17.2 Å². The Hall–Kier alpha value is -2.24. The predicted octanol–water partition coefficient (Wildman–Crippen LogP) is 3.07. The minimum Gasteiger partial charge on any atom is -0.496 e. The summed E-state index contributed by atoms with van der Waals surface area (Å²) in [4.78, 5) is 14.7. The summed E-state index contributed by atoms with van der Waals surface area (Å²) in [5, 5.41) is 3.66. The lowest BCUT2D eigenvalue weighted by molar-refractivity contribution is -0.127. The minimum absolute atomic E-state index is 0.00618. The molecule has 2 unspecified atom stereocenters. The highest BCUT2D eigenvalue weighted by Gasteiger charge is 2.30. The maximum Gasteiger partial charge on any atom is 0.261 e. The largest absolute Gasteiger partial charge is 0.496 e. The molecule has 5 nitrogen and oxygen atoms in total. The van der Waals surface area contributed by atoms with Crippen LogP contribution in [0.5, 0.6) is 11.5 Å². The summed E-state index contributed by atoms with van der Waals surface area (Å²) in [6, 6.07) is 13.3. The van der Waals surface area contributed by atoms with Gasteiger partial charge < -0.3 is 19.7 Å². The molecule has 0 bridgehead atoms. The molecule has 3 rings (SSSR count). The van der Waals surface area contributed by atoms with Crippen LogP contribution in [0.2, 0.25) is 5.02 Å². The number of benzene rings is 2. The van der Waals surface area contributed by atoms with E-state index in [0.717, 1.165) is 22.6 Å². The summed E-state index contributed by atoms with van der Waals surface area (Å²) in [6.45, 7) is 0.461. The molecule has 0 saturated carbocycles. The number of carbonyl (C=O) groups is 1. The van der Waals surface area contributed by atoms with Gasteiger partial charge in [-0.15, -0.1) is 0 Å². The molecule has 1 aliphatic rings. The fourth-order valence-corrected chi connectivity index (χ4v) is 3.38. The van der Waals surface area contributed by atoms with Crippen LogP contribution in [0.4, 0.5) is 0 Å². The van der Waals surface area contributed by atoms with Crippen molar-refractivity contribution in [2.24, 2.45) is 0 Å². The molecule has 2 atom stereocenters. The van der Waals surface area contributed by atoms with E-state index in [1.54, 1.807) is 13.2 Å². The fourth-order valence-electron chi connectivity index (χ4n) is 3.19. The summed E-state index contributed by atoms with van der Waals surface area (Å²) in [7, 11) is 5.61. The highest BCUT2D eigenvalue weighted by atomic mass is 35.5. The van der Waals surface area contributed by atoms with Gasteiger partial charge in [0.05, 0.1) is 13.2 Å². The van der Waals surface area contributed by atoms with E-state index >= 15 is 0 Å². The molecule has 0 saturated heterocycles. The maximum atomic E-state index is 12.6. The molecule has 0 fully saturated rings. The molecule has 2 aromatic carbocycles. The van der Waals surface area contributed by atoms with Crippen LogP contribution in [0.25, 0.3) is 0 Å². The molecule has 1 N–H and O–H groups in total. The van der Waals surface area contributed by atoms with Crippen molar-refractivity contribution >= 4 is 17.5 Å². The molecular weight excluding hydrogens is 352 g/mol. The first kappa shape index (κ1) is 18.5. The molecule has 1 amide bonds. The van der Waals surface area contributed by atoms with Gasteiger partial charge in [-0.1, -0.05) is 29.8 Å². The SMILES string of the molecule is COc1ccccc1C(CNC(=O)C1Cc2cc(Cl)ccc2O1)N(C)C. The first-order chi connectivity index (χ1) is 12.5. The van der Waals surface area contributed by atoms with E-state index in [1.165, 1.54) is 0 Å². The summed E-state index contributed by atoms with van der Waals surface area (Å²) in [5.74, 6) is 1.40. The van der Waals surface area contributed by atoms with Crippen molar-refractivity contribution in [1.29, 1.82) is 0 Å². The minimum atomic E-state index is -0.524. The maximum absolute atomic E-state index is 12.6. The van der Waals surface area contributed by atoms with E-state index < -0.39 is 6.10 Å². The second kappa shape index (κ2) is 7.98. The van der Waals surface area contributed by atoms with Crippen LogP contribution in [0.3, 0.4) is 0 Å². The molecule has 0 spiro atoms. The van der Waals surface area contributed by atoms with Crippen molar-refractivity contribution in [3.8, 4) is 11.5 Å². The van der Waals surface area contributed by atoms with Gasteiger partial charge in [0.1, 0.15) is 11.5 Å². The number of hydrogen-bond donors (Lipinski definition) is 1. The Labute approximate surface area is 158 Å². The van der Waals surface area contributed by atoms with Crippen molar-refractivity contribution in [2.45, 2.75) is 18.6 Å². The third-order valence-corrected chi connectivity index (χ3v) is 4.82. The van der Waals surface area contributed by atoms with Crippen molar-refractivity contribution in [1.82, 2.24) is 10.2 Å². The summed E-state index contributed by atoms with van der Waals surface area (Å²) < 4.78 is 11.2. The number of rotatable bonds is 6. The predicted molar refractivity (Wildman–Crippen MR) is 102 cm³/mol. The molecule has 1 aliphatic heterocycles. The van der Waals surface area contributed by atoms with E-state index in [-0.39, 0.29) is 11.9 Å². The monoisotopic (exact) mass is 374 g/mol. The highest BCUT2D eigenvalue weighted by molar-refractivity contribution is 6.30. The van der Waals surface area contributed by atoms with Crippen molar-refractivity contribution < 1.29 is 14.3 Å². The number of ether oxygens (including phenoxy) is 2. The lowest BCUT2D eigenvalue weighted by atomic mass is 10.0. The number of nitrogens with zero attached hydrogens (tertiary/aromatic N) is 1. The summed E-state index contributed by atoms with van der Waals surface area (Å²) in [5.41, 5.74) is 1.99. The average Bonchev–Trinajstić information content (AvgIpc) is 3.05. The molecule has 0 aromatic heterocycles. The van der Waals surface area contributed by atoms with Gasteiger partial charge in [-0.25, -0.2) is 0 Å². The standard InChI is InChI=1S/C20H23ClN2O3/c1-23(2)16(15-6-4-5-7-18(15)25-3)12-22-20(24)19-11-13-10-14(21)8-9-17(13)26-19/h4-10,16,19H,11-12H2,1-3H3,(H,22,24). The van der Waals surface area contributed by atoms with Crippen LogP contribution >= 0.6 is 11.6 Å². The molecule has 26 heavy (non-hydrogen) atoms. The third kappa shape index (κ3) is 3.94. The smallest absolute Gasteiger partial charge is 0.261 e. The van der Waals surface area contributed by atoms with Gasteiger partial charge in [-0.2, -0.15) is 0 Å². The second-order valence-corrected chi connectivity index (χ2v) is 6.97. The van der Waals surface area contributed by atoms with Crippen LogP contribution < -0.4 is 14.8 Å². The number of para-hydroxylation sites is 1. The lowest BCUT2D eigenvalue weighted by Gasteiger charge is -2.27. The number of nitrogens with one attached hydrogen (secondary N) is 1. The first-order valence-electron chi connectivity index (χ1n) is 8.51. The zero-order valence-corrected chi connectivity index (χ0v) is 15.9. The Balaban J connectivity index is 1.66. The molecule has 138 valence electrons. The Morgan fingerprint density at radius 2 is 2.12 bits per heavy atom. The van der Waals surface area contributed by atoms with Gasteiger partial charge in [-0.05, 0) is 43.9 Å². The molecule has 0 aliphatic carbocycles. The quantitative estimate of drug-likeness (QED) is 0.844. The van der Waals surface area contributed by atoms with Gasteiger partial charge in [0, 0.05) is 23.6 Å². The summed E-state index contributed by atoms with van der Waals surface area (Å²) >= 11 is 6.01. The van der Waals surface area contributed by atoms with E-state index in [4.69, 9.17) is 21.1 Å². The van der Waals surface area contributed by atoms with Gasteiger partial charge in [0.2, 0.25) is 0 Å². The van der Waals surface area contributed by atoms with E-state index in [9.17, 15) is 4.79 Å². The third-order valence-electron chi connectivity index (χ3n) is 4.58. The number of fused-ring (bicyclic) bond motifs is 1. The van der Waals surface area contributed by atoms with Crippen molar-refractivity contribution in [3.63, 3.8) is 0 Å². The Kier molecular flexibility index (Phi) is 5.69. The number of hydrogen-bond acceptors (Lipinski definition) is 4. The Morgan fingerprint density at radius 1 is 1.35 bits per heavy atom. The van der Waals surface area contributed by atoms with Crippen LogP contribution in [0.15, 0.2) is 42.5 Å². The molecule has 2 aromatic rings. The average molecular weight is 375 g/mol. The van der Waals surface area contributed by atoms with Crippen LogP contribution in [-0.4, -0.2) is 44.7 Å². The van der Waals surface area contributed by atoms with Crippen molar-refractivity contribution in [2.75, 3.05) is 27.7 Å². The van der Waals surface area contributed by atoms with Gasteiger partial charge >= 0.3 is 0 Å². The van der Waals surface area contributed by atoms with Gasteiger partial charge in [0.25, 0.3) is 5.91 Å². The molecule has 6 heteroatoms. The topological polar surface area (TPSA) is 50.8 Å². The first-order valence-corrected chi connectivity index (χ1v) is 8.89. The lowest BCUT2D eigenvalue weighted by Crippen LogP contribution is -2.41.